The maximum Gasteiger partial charge on any atom is 0.305 e. The first kappa shape index (κ1) is 13.8. The lowest BCUT2D eigenvalue weighted by Gasteiger charge is -2.03. The Bertz CT molecular complexity index is 137. The number of hydrogen-bond acceptors (Lipinski definition) is 3. The quantitative estimate of drug-likeness (QED) is 0.439. The highest BCUT2D eigenvalue weighted by molar-refractivity contribution is 7.98. The van der Waals surface area contributed by atoms with Crippen molar-refractivity contribution < 1.29 is 9.53 Å². The van der Waals surface area contributed by atoms with Gasteiger partial charge in [-0.25, -0.2) is 0 Å². The molecule has 3 heteroatoms. The van der Waals surface area contributed by atoms with E-state index in [2.05, 4.69) is 13.2 Å². The summed E-state index contributed by atoms with van der Waals surface area (Å²) < 4.78 is 5.09. The van der Waals surface area contributed by atoms with Crippen LogP contribution in [0.1, 0.15) is 45.4 Å². The smallest absolute Gasteiger partial charge is 0.305 e. The average molecular weight is 218 g/mol. The number of hydrogen-bond donors (Lipinski definition) is 0. The van der Waals surface area contributed by atoms with Gasteiger partial charge in [0.1, 0.15) is 0 Å². The molecule has 0 aromatic rings. The van der Waals surface area contributed by atoms with E-state index in [-0.39, 0.29) is 5.97 Å². The van der Waals surface area contributed by atoms with E-state index in [9.17, 15) is 4.79 Å². The first-order valence-corrected chi connectivity index (χ1v) is 6.85. The van der Waals surface area contributed by atoms with Gasteiger partial charge >= 0.3 is 5.97 Å². The summed E-state index contributed by atoms with van der Waals surface area (Å²) in [5.41, 5.74) is 0. The Morgan fingerprint density at radius 1 is 1.21 bits per heavy atom. The molecule has 0 aromatic carbocycles. The summed E-state index contributed by atoms with van der Waals surface area (Å²) in [4.78, 5) is 11.1. The molecular formula is C11H22O2S. The molecule has 0 heterocycles. The van der Waals surface area contributed by atoms with Crippen LogP contribution in [0.3, 0.4) is 0 Å². The summed E-state index contributed by atoms with van der Waals surface area (Å²) in [7, 11) is 0. The van der Waals surface area contributed by atoms with Crippen molar-refractivity contribution >= 4 is 17.7 Å². The molecule has 0 aliphatic heterocycles. The highest BCUT2D eigenvalue weighted by atomic mass is 32.2. The van der Waals surface area contributed by atoms with Crippen molar-refractivity contribution in [1.29, 1.82) is 0 Å². The van der Waals surface area contributed by atoms with E-state index in [1.807, 2.05) is 0 Å². The third kappa shape index (κ3) is 9.90. The van der Waals surface area contributed by atoms with Crippen LogP contribution in [0.4, 0.5) is 0 Å². The maximum atomic E-state index is 11.1. The van der Waals surface area contributed by atoms with Gasteiger partial charge in [-0.15, -0.1) is 0 Å². The van der Waals surface area contributed by atoms with E-state index in [4.69, 9.17) is 4.74 Å². The third-order valence-corrected chi connectivity index (χ3v) is 2.69. The molecule has 0 unspecified atom stereocenters. The lowest BCUT2D eigenvalue weighted by molar-refractivity contribution is -0.143. The van der Waals surface area contributed by atoms with E-state index in [0.717, 1.165) is 18.6 Å². The number of ether oxygens (including phenoxy) is 1. The molecule has 0 aliphatic carbocycles. The average Bonchev–Trinajstić information content (AvgIpc) is 2.18. The van der Waals surface area contributed by atoms with Crippen LogP contribution in [0.2, 0.25) is 0 Å². The van der Waals surface area contributed by atoms with Gasteiger partial charge in [-0.3, -0.25) is 4.79 Å². The molecule has 0 bridgehead atoms. The van der Waals surface area contributed by atoms with Gasteiger partial charge in [0.05, 0.1) is 6.61 Å². The molecule has 0 aromatic heterocycles. The molecular weight excluding hydrogens is 196 g/mol. The second-order valence-electron chi connectivity index (χ2n) is 3.38. The van der Waals surface area contributed by atoms with Crippen LogP contribution in [-0.4, -0.2) is 24.6 Å². The second-order valence-corrected chi connectivity index (χ2v) is 4.36. The zero-order valence-electron chi connectivity index (χ0n) is 9.38. The lowest BCUT2D eigenvalue weighted by atomic mass is 10.2. The van der Waals surface area contributed by atoms with Crippen LogP contribution < -0.4 is 0 Å². The molecule has 0 radical (unpaired) electrons. The molecule has 0 spiro atoms. The Morgan fingerprint density at radius 3 is 2.64 bits per heavy atom. The van der Waals surface area contributed by atoms with Crippen LogP contribution in [0.15, 0.2) is 0 Å². The lowest BCUT2D eigenvalue weighted by Crippen LogP contribution is -2.05. The molecule has 0 N–H and O–H groups in total. The monoisotopic (exact) mass is 218 g/mol. The zero-order chi connectivity index (χ0) is 10.6. The molecule has 0 atom stereocenters. The number of rotatable bonds is 9. The van der Waals surface area contributed by atoms with E-state index >= 15 is 0 Å². The summed E-state index contributed by atoms with van der Waals surface area (Å²) >= 11 is 1.77. The van der Waals surface area contributed by atoms with Gasteiger partial charge in [0, 0.05) is 6.42 Å². The topological polar surface area (TPSA) is 26.3 Å². The minimum Gasteiger partial charge on any atom is -0.466 e. The van der Waals surface area contributed by atoms with Crippen LogP contribution >= 0.6 is 11.8 Å². The highest BCUT2D eigenvalue weighted by Crippen LogP contribution is 2.02. The van der Waals surface area contributed by atoms with Crippen molar-refractivity contribution in [1.82, 2.24) is 0 Å². The SMILES string of the molecule is CCCCCCOC(=O)CCCSC. The van der Waals surface area contributed by atoms with Gasteiger partial charge < -0.3 is 4.74 Å². The Labute approximate surface area is 91.8 Å². The largest absolute Gasteiger partial charge is 0.466 e. The van der Waals surface area contributed by atoms with Gasteiger partial charge in [0.2, 0.25) is 0 Å². The van der Waals surface area contributed by atoms with Gasteiger partial charge in [-0.05, 0) is 24.9 Å². The predicted molar refractivity (Wildman–Crippen MR) is 62.7 cm³/mol. The van der Waals surface area contributed by atoms with Crippen LogP contribution in [-0.2, 0) is 9.53 Å². The maximum absolute atomic E-state index is 11.1. The highest BCUT2D eigenvalue weighted by Gasteiger charge is 2.01. The van der Waals surface area contributed by atoms with Crippen LogP contribution in [0.25, 0.3) is 0 Å². The standard InChI is InChI=1S/C11H22O2S/c1-3-4-5-6-9-13-11(12)8-7-10-14-2/h3-10H2,1-2H3. The van der Waals surface area contributed by atoms with E-state index in [0.29, 0.717) is 13.0 Å². The normalized spacial score (nSPS) is 10.1. The van der Waals surface area contributed by atoms with Crippen molar-refractivity contribution in [2.75, 3.05) is 18.6 Å². The van der Waals surface area contributed by atoms with Crippen molar-refractivity contribution in [3.05, 3.63) is 0 Å². The predicted octanol–water partition coefficient (Wildman–Crippen LogP) is 3.25. The number of carbonyl (C=O) groups is 1. The first-order valence-electron chi connectivity index (χ1n) is 5.45. The van der Waals surface area contributed by atoms with Crippen LogP contribution in [0, 0.1) is 0 Å². The summed E-state index contributed by atoms with van der Waals surface area (Å²) in [6, 6.07) is 0. The Hall–Kier alpha value is -0.180. The van der Waals surface area contributed by atoms with Crippen molar-refractivity contribution in [2.24, 2.45) is 0 Å². The van der Waals surface area contributed by atoms with Crippen LogP contribution in [0.5, 0.6) is 0 Å². The Kier molecular flexibility index (Phi) is 10.8. The van der Waals surface area contributed by atoms with E-state index < -0.39 is 0 Å². The minimum absolute atomic E-state index is 0.0319. The number of carbonyl (C=O) groups excluding carboxylic acids is 1. The molecule has 0 aliphatic rings. The molecule has 0 saturated carbocycles. The fourth-order valence-corrected chi connectivity index (χ4v) is 1.58. The van der Waals surface area contributed by atoms with Crippen molar-refractivity contribution in [2.45, 2.75) is 45.4 Å². The molecule has 2 nitrogen and oxygen atoms in total. The molecule has 0 saturated heterocycles. The van der Waals surface area contributed by atoms with E-state index in [1.165, 1.54) is 19.3 Å². The number of unbranched alkanes of at least 4 members (excludes halogenated alkanes) is 3. The van der Waals surface area contributed by atoms with Crippen molar-refractivity contribution in [3.8, 4) is 0 Å². The van der Waals surface area contributed by atoms with Gasteiger partial charge in [0.25, 0.3) is 0 Å². The first-order chi connectivity index (χ1) is 6.81. The Morgan fingerprint density at radius 2 is 2.00 bits per heavy atom. The summed E-state index contributed by atoms with van der Waals surface area (Å²) in [5.74, 6) is 1.01. The van der Waals surface area contributed by atoms with Gasteiger partial charge in [0.15, 0.2) is 0 Å². The van der Waals surface area contributed by atoms with Gasteiger partial charge in [-0.2, -0.15) is 11.8 Å². The fourth-order valence-electron chi connectivity index (χ4n) is 1.15. The summed E-state index contributed by atoms with van der Waals surface area (Å²) in [5, 5.41) is 0. The number of esters is 1. The second kappa shape index (κ2) is 10.9. The molecule has 84 valence electrons. The summed E-state index contributed by atoms with van der Waals surface area (Å²) in [6.45, 7) is 2.78. The Balaban J connectivity index is 3.10. The zero-order valence-corrected chi connectivity index (χ0v) is 10.2. The fraction of sp³-hybridized carbons (Fsp3) is 0.909. The minimum atomic E-state index is -0.0319. The number of thioether (sulfide) groups is 1. The molecule has 14 heavy (non-hydrogen) atoms. The van der Waals surface area contributed by atoms with Gasteiger partial charge in [-0.1, -0.05) is 26.2 Å². The van der Waals surface area contributed by atoms with Crippen molar-refractivity contribution in [3.63, 3.8) is 0 Å². The molecule has 0 fully saturated rings. The molecule has 0 amide bonds. The molecule has 0 rings (SSSR count). The summed E-state index contributed by atoms with van der Waals surface area (Å²) in [6.07, 6.45) is 8.22. The third-order valence-electron chi connectivity index (χ3n) is 1.99. The van der Waals surface area contributed by atoms with E-state index in [1.54, 1.807) is 11.8 Å².